The van der Waals surface area contributed by atoms with Gasteiger partial charge < -0.3 is 20.9 Å². The third-order valence-corrected chi connectivity index (χ3v) is 3.15. The van der Waals surface area contributed by atoms with E-state index in [4.69, 9.17) is 10.5 Å². The van der Waals surface area contributed by atoms with E-state index in [9.17, 15) is 9.90 Å². The summed E-state index contributed by atoms with van der Waals surface area (Å²) in [6.07, 6.45) is 1.52. The molecule has 2 rings (SSSR count). The van der Waals surface area contributed by atoms with Gasteiger partial charge in [-0.25, -0.2) is 0 Å². The molecule has 0 aromatic heterocycles. The maximum absolute atomic E-state index is 11.9. The Morgan fingerprint density at radius 3 is 2.89 bits per heavy atom. The van der Waals surface area contributed by atoms with Gasteiger partial charge in [-0.05, 0) is 31.0 Å². The Kier molecular flexibility index (Phi) is 4.04. The monoisotopic (exact) mass is 250 g/mol. The zero-order valence-electron chi connectivity index (χ0n) is 10.2. The summed E-state index contributed by atoms with van der Waals surface area (Å²) >= 11 is 0. The van der Waals surface area contributed by atoms with E-state index in [1.807, 2.05) is 0 Å². The predicted molar refractivity (Wildman–Crippen MR) is 67.9 cm³/mol. The Morgan fingerprint density at radius 2 is 2.17 bits per heavy atom. The van der Waals surface area contributed by atoms with E-state index in [0.717, 1.165) is 12.8 Å². The highest BCUT2D eigenvalue weighted by Gasteiger charge is 2.21. The van der Waals surface area contributed by atoms with Crippen LogP contribution in [0.3, 0.4) is 0 Å². The molecule has 1 heterocycles. The Balaban J connectivity index is 1.90. The van der Waals surface area contributed by atoms with Crippen molar-refractivity contribution >= 4 is 11.6 Å². The topological polar surface area (TPSA) is 84.6 Å². The number of ether oxygens (including phenoxy) is 1. The second-order valence-electron chi connectivity index (χ2n) is 4.49. The Morgan fingerprint density at radius 1 is 1.44 bits per heavy atom. The first kappa shape index (κ1) is 12.7. The molecule has 5 heteroatoms. The van der Waals surface area contributed by atoms with Crippen molar-refractivity contribution in [1.29, 1.82) is 0 Å². The number of anilines is 1. The van der Waals surface area contributed by atoms with Crippen LogP contribution in [0.15, 0.2) is 18.2 Å². The number of aromatic hydroxyl groups is 1. The van der Waals surface area contributed by atoms with Crippen LogP contribution in [0.4, 0.5) is 5.69 Å². The summed E-state index contributed by atoms with van der Waals surface area (Å²) in [6, 6.07) is 4.82. The van der Waals surface area contributed by atoms with Crippen LogP contribution in [0, 0.1) is 5.92 Å². The minimum Gasteiger partial charge on any atom is -0.508 e. The van der Waals surface area contributed by atoms with Gasteiger partial charge in [0.05, 0.1) is 0 Å². The molecule has 0 bridgehead atoms. The molecule has 18 heavy (non-hydrogen) atoms. The van der Waals surface area contributed by atoms with E-state index < -0.39 is 0 Å². The number of nitrogens with one attached hydrogen (secondary N) is 1. The summed E-state index contributed by atoms with van der Waals surface area (Å²) in [4.78, 5) is 11.9. The highest BCUT2D eigenvalue weighted by atomic mass is 16.5. The van der Waals surface area contributed by atoms with Crippen LogP contribution in [-0.2, 0) is 16.1 Å². The summed E-state index contributed by atoms with van der Waals surface area (Å²) in [7, 11) is 0. The number of nitrogen functional groups attached to an aromatic ring is 1. The van der Waals surface area contributed by atoms with Gasteiger partial charge in [-0.1, -0.05) is 0 Å². The van der Waals surface area contributed by atoms with Crippen molar-refractivity contribution in [1.82, 2.24) is 5.32 Å². The SMILES string of the molecule is Nc1ccc(O)c(CNC(=O)C2CCOCC2)c1. The molecule has 0 radical (unpaired) electrons. The molecule has 0 atom stereocenters. The van der Waals surface area contributed by atoms with Crippen molar-refractivity contribution in [3.63, 3.8) is 0 Å². The van der Waals surface area contributed by atoms with E-state index in [1.165, 1.54) is 6.07 Å². The van der Waals surface area contributed by atoms with Crippen molar-refractivity contribution in [2.45, 2.75) is 19.4 Å². The molecule has 4 N–H and O–H groups in total. The molecule has 1 fully saturated rings. The number of nitrogens with two attached hydrogens (primary N) is 1. The first-order valence-corrected chi connectivity index (χ1v) is 6.09. The van der Waals surface area contributed by atoms with Gasteiger partial charge in [0.15, 0.2) is 0 Å². The minimum absolute atomic E-state index is 0.0140. The summed E-state index contributed by atoms with van der Waals surface area (Å²) in [5, 5.41) is 12.5. The molecular weight excluding hydrogens is 232 g/mol. The second-order valence-corrected chi connectivity index (χ2v) is 4.49. The van der Waals surface area contributed by atoms with Gasteiger partial charge in [0.1, 0.15) is 5.75 Å². The van der Waals surface area contributed by atoms with Crippen LogP contribution in [0.5, 0.6) is 5.75 Å². The molecule has 1 aromatic carbocycles. The lowest BCUT2D eigenvalue weighted by atomic mass is 9.99. The molecule has 0 aliphatic carbocycles. The van der Waals surface area contributed by atoms with Crippen molar-refractivity contribution in [3.8, 4) is 5.75 Å². The van der Waals surface area contributed by atoms with E-state index in [2.05, 4.69) is 5.32 Å². The molecule has 0 saturated carbocycles. The molecule has 1 saturated heterocycles. The van der Waals surface area contributed by atoms with Crippen molar-refractivity contribution in [3.05, 3.63) is 23.8 Å². The Bertz CT molecular complexity index is 428. The van der Waals surface area contributed by atoms with Crippen LogP contribution in [0.25, 0.3) is 0 Å². The highest BCUT2D eigenvalue weighted by Crippen LogP contribution is 2.20. The Labute approximate surface area is 106 Å². The Hall–Kier alpha value is -1.75. The number of phenolic OH excluding ortho intramolecular Hbond substituents is 1. The van der Waals surface area contributed by atoms with Crippen LogP contribution in [-0.4, -0.2) is 24.2 Å². The van der Waals surface area contributed by atoms with Crippen molar-refractivity contribution in [2.75, 3.05) is 18.9 Å². The lowest BCUT2D eigenvalue weighted by Gasteiger charge is -2.21. The average molecular weight is 250 g/mol. The van der Waals surface area contributed by atoms with E-state index in [1.54, 1.807) is 12.1 Å². The molecule has 0 unspecified atom stereocenters. The fourth-order valence-corrected chi connectivity index (χ4v) is 2.03. The van der Waals surface area contributed by atoms with Gasteiger partial charge in [0.2, 0.25) is 5.91 Å². The van der Waals surface area contributed by atoms with Crippen LogP contribution in [0.1, 0.15) is 18.4 Å². The second kappa shape index (κ2) is 5.73. The number of amides is 1. The van der Waals surface area contributed by atoms with Crippen LogP contribution >= 0.6 is 0 Å². The first-order valence-electron chi connectivity index (χ1n) is 6.09. The fourth-order valence-electron chi connectivity index (χ4n) is 2.03. The van der Waals surface area contributed by atoms with Gasteiger partial charge in [-0.3, -0.25) is 4.79 Å². The molecule has 0 spiro atoms. The zero-order chi connectivity index (χ0) is 13.0. The molecule has 98 valence electrons. The molecule has 1 aliphatic heterocycles. The summed E-state index contributed by atoms with van der Waals surface area (Å²) in [5.74, 6) is 0.179. The molecule has 1 amide bonds. The fraction of sp³-hybridized carbons (Fsp3) is 0.462. The molecule has 5 nitrogen and oxygen atoms in total. The van der Waals surface area contributed by atoms with Gasteiger partial charge in [-0.15, -0.1) is 0 Å². The standard InChI is InChI=1S/C13H18N2O3/c14-11-1-2-12(16)10(7-11)8-15-13(17)9-3-5-18-6-4-9/h1-2,7,9,16H,3-6,8,14H2,(H,15,17). The van der Waals surface area contributed by atoms with Gasteiger partial charge in [0, 0.05) is 36.9 Å². The van der Waals surface area contributed by atoms with Crippen LogP contribution < -0.4 is 11.1 Å². The molecule has 1 aromatic rings. The van der Waals surface area contributed by atoms with Gasteiger partial charge in [-0.2, -0.15) is 0 Å². The average Bonchev–Trinajstić information content (AvgIpc) is 2.40. The maximum atomic E-state index is 11.9. The quantitative estimate of drug-likeness (QED) is 0.552. The third-order valence-electron chi connectivity index (χ3n) is 3.15. The zero-order valence-corrected chi connectivity index (χ0v) is 10.2. The summed E-state index contributed by atoms with van der Waals surface area (Å²) in [5.41, 5.74) is 6.84. The van der Waals surface area contributed by atoms with E-state index in [0.29, 0.717) is 31.0 Å². The van der Waals surface area contributed by atoms with Gasteiger partial charge >= 0.3 is 0 Å². The predicted octanol–water partition coefficient (Wildman–Crippen LogP) is 1.02. The van der Waals surface area contributed by atoms with E-state index in [-0.39, 0.29) is 17.6 Å². The lowest BCUT2D eigenvalue weighted by Crippen LogP contribution is -2.33. The lowest BCUT2D eigenvalue weighted by molar-refractivity contribution is -0.128. The number of hydrogen-bond donors (Lipinski definition) is 3. The number of rotatable bonds is 3. The van der Waals surface area contributed by atoms with Crippen molar-refractivity contribution in [2.24, 2.45) is 5.92 Å². The number of carbonyl (C=O) groups excluding carboxylic acids is 1. The summed E-state index contributed by atoms with van der Waals surface area (Å²) in [6.45, 7) is 1.58. The number of phenols is 1. The highest BCUT2D eigenvalue weighted by molar-refractivity contribution is 5.78. The van der Waals surface area contributed by atoms with Crippen molar-refractivity contribution < 1.29 is 14.6 Å². The first-order chi connectivity index (χ1) is 8.66. The largest absolute Gasteiger partial charge is 0.508 e. The molecule has 1 aliphatic rings. The van der Waals surface area contributed by atoms with Gasteiger partial charge in [0.25, 0.3) is 0 Å². The molecular formula is C13H18N2O3. The van der Waals surface area contributed by atoms with Crippen LogP contribution in [0.2, 0.25) is 0 Å². The normalized spacial score (nSPS) is 16.4. The summed E-state index contributed by atoms with van der Waals surface area (Å²) < 4.78 is 5.21. The number of hydrogen-bond acceptors (Lipinski definition) is 4. The number of benzene rings is 1. The smallest absolute Gasteiger partial charge is 0.223 e. The number of carbonyl (C=O) groups is 1. The maximum Gasteiger partial charge on any atom is 0.223 e. The third kappa shape index (κ3) is 3.13. The van der Waals surface area contributed by atoms with E-state index >= 15 is 0 Å². The minimum atomic E-state index is 0.0140.